The Morgan fingerprint density at radius 3 is 2.57 bits per heavy atom. The molecule has 0 bridgehead atoms. The topological polar surface area (TPSA) is 74.7 Å². The number of rotatable bonds is 6. The Hall–Kier alpha value is -0.920. The molecule has 0 aliphatic heterocycles. The molecule has 0 heterocycles. The largest absolute Gasteiger partial charge is 0.478 e. The standard InChI is InChI=1S/C14H18BrNO4S/c1-2-16(9-10-4-3-5-10)21(19,20)11-6-7-13(15)12(8-11)14(17)18/h6-8,10H,2-5,9H2,1H3,(H,17,18). The van der Waals surface area contributed by atoms with Gasteiger partial charge in [0.25, 0.3) is 0 Å². The second-order valence-corrected chi connectivity index (χ2v) is 7.99. The van der Waals surface area contributed by atoms with Crippen LogP contribution >= 0.6 is 15.9 Å². The average molecular weight is 376 g/mol. The predicted octanol–water partition coefficient (Wildman–Crippen LogP) is 2.96. The van der Waals surface area contributed by atoms with Crippen LogP contribution in [0.5, 0.6) is 0 Å². The Labute approximate surface area is 133 Å². The minimum absolute atomic E-state index is 0.0317. The van der Waals surface area contributed by atoms with Crippen molar-refractivity contribution in [2.45, 2.75) is 31.1 Å². The van der Waals surface area contributed by atoms with E-state index in [1.165, 1.54) is 22.5 Å². The highest BCUT2D eigenvalue weighted by molar-refractivity contribution is 9.10. The van der Waals surface area contributed by atoms with E-state index in [-0.39, 0.29) is 10.5 Å². The van der Waals surface area contributed by atoms with Crippen LogP contribution in [0.4, 0.5) is 0 Å². The van der Waals surface area contributed by atoms with Crippen LogP contribution in [0.1, 0.15) is 36.5 Å². The third-order valence-corrected chi connectivity index (χ3v) is 6.47. The van der Waals surface area contributed by atoms with Crippen molar-refractivity contribution < 1.29 is 18.3 Å². The number of carbonyl (C=O) groups is 1. The average Bonchev–Trinajstić information content (AvgIpc) is 2.37. The maximum Gasteiger partial charge on any atom is 0.336 e. The van der Waals surface area contributed by atoms with E-state index >= 15 is 0 Å². The lowest BCUT2D eigenvalue weighted by Crippen LogP contribution is -2.37. The fourth-order valence-electron chi connectivity index (χ4n) is 2.34. The Balaban J connectivity index is 2.32. The zero-order valence-electron chi connectivity index (χ0n) is 11.8. The SMILES string of the molecule is CCN(CC1CCC1)S(=O)(=O)c1ccc(Br)c(C(=O)O)c1. The Bertz CT molecular complexity index is 640. The number of hydrogen-bond acceptors (Lipinski definition) is 3. The van der Waals surface area contributed by atoms with Gasteiger partial charge in [0, 0.05) is 17.6 Å². The van der Waals surface area contributed by atoms with E-state index in [0.29, 0.717) is 23.5 Å². The van der Waals surface area contributed by atoms with Gasteiger partial charge in [0.05, 0.1) is 10.5 Å². The summed E-state index contributed by atoms with van der Waals surface area (Å²) in [5, 5.41) is 9.11. The molecule has 0 amide bonds. The molecule has 2 rings (SSSR count). The van der Waals surface area contributed by atoms with Crippen LogP contribution in [0, 0.1) is 5.92 Å². The van der Waals surface area contributed by atoms with E-state index in [2.05, 4.69) is 15.9 Å². The van der Waals surface area contributed by atoms with Crippen LogP contribution in [0.3, 0.4) is 0 Å². The normalized spacial score (nSPS) is 16.0. The van der Waals surface area contributed by atoms with E-state index in [1.807, 2.05) is 0 Å². The van der Waals surface area contributed by atoms with Crippen molar-refractivity contribution in [1.29, 1.82) is 0 Å². The van der Waals surface area contributed by atoms with Crippen LogP contribution in [-0.4, -0.2) is 36.9 Å². The number of sulfonamides is 1. The lowest BCUT2D eigenvalue weighted by molar-refractivity contribution is 0.0695. The molecule has 1 N–H and O–H groups in total. The molecule has 1 fully saturated rings. The van der Waals surface area contributed by atoms with Crippen molar-refractivity contribution in [3.05, 3.63) is 28.2 Å². The number of carboxylic acid groups (broad SMARTS) is 1. The molecule has 0 saturated heterocycles. The van der Waals surface area contributed by atoms with Gasteiger partial charge in [-0.25, -0.2) is 13.2 Å². The second kappa shape index (κ2) is 6.46. The molecule has 21 heavy (non-hydrogen) atoms. The number of nitrogens with zero attached hydrogens (tertiary/aromatic N) is 1. The summed E-state index contributed by atoms with van der Waals surface area (Å²) in [6.07, 6.45) is 3.28. The van der Waals surface area contributed by atoms with Crippen LogP contribution in [0.2, 0.25) is 0 Å². The van der Waals surface area contributed by atoms with Gasteiger partial charge < -0.3 is 5.11 Å². The molecular weight excluding hydrogens is 358 g/mol. The van der Waals surface area contributed by atoms with Crippen LogP contribution in [0.15, 0.2) is 27.6 Å². The number of carboxylic acids is 1. The van der Waals surface area contributed by atoms with E-state index < -0.39 is 16.0 Å². The molecular formula is C14H18BrNO4S. The molecule has 1 aliphatic carbocycles. The summed E-state index contributed by atoms with van der Waals surface area (Å²) in [6, 6.07) is 4.12. The maximum absolute atomic E-state index is 12.6. The number of hydrogen-bond donors (Lipinski definition) is 1. The third kappa shape index (κ3) is 3.46. The van der Waals surface area contributed by atoms with E-state index in [4.69, 9.17) is 5.11 Å². The van der Waals surface area contributed by atoms with Crippen molar-refractivity contribution in [1.82, 2.24) is 4.31 Å². The van der Waals surface area contributed by atoms with Crippen LogP contribution < -0.4 is 0 Å². The highest BCUT2D eigenvalue weighted by Crippen LogP contribution is 2.30. The fraction of sp³-hybridized carbons (Fsp3) is 0.500. The minimum atomic E-state index is -3.65. The monoisotopic (exact) mass is 375 g/mol. The summed E-state index contributed by atoms with van der Waals surface area (Å²) in [7, 11) is -3.65. The molecule has 0 spiro atoms. The zero-order valence-corrected chi connectivity index (χ0v) is 14.2. The molecule has 7 heteroatoms. The molecule has 1 aromatic rings. The van der Waals surface area contributed by atoms with E-state index in [1.54, 1.807) is 6.92 Å². The second-order valence-electron chi connectivity index (χ2n) is 5.20. The molecule has 0 atom stereocenters. The number of halogens is 1. The number of aromatic carboxylic acids is 1. The van der Waals surface area contributed by atoms with Gasteiger partial charge in [0.15, 0.2) is 0 Å². The molecule has 5 nitrogen and oxygen atoms in total. The van der Waals surface area contributed by atoms with Gasteiger partial charge >= 0.3 is 5.97 Å². The van der Waals surface area contributed by atoms with Crippen LogP contribution in [-0.2, 0) is 10.0 Å². The van der Waals surface area contributed by atoms with Gasteiger partial charge in [-0.3, -0.25) is 0 Å². The van der Waals surface area contributed by atoms with Gasteiger partial charge in [0.2, 0.25) is 10.0 Å². The van der Waals surface area contributed by atoms with E-state index in [9.17, 15) is 13.2 Å². The summed E-state index contributed by atoms with van der Waals surface area (Å²) < 4.78 is 27.1. The fourth-order valence-corrected chi connectivity index (χ4v) is 4.31. The minimum Gasteiger partial charge on any atom is -0.478 e. The molecule has 1 aliphatic rings. The van der Waals surface area contributed by atoms with E-state index in [0.717, 1.165) is 19.3 Å². The smallest absolute Gasteiger partial charge is 0.336 e. The van der Waals surface area contributed by atoms with Crippen molar-refractivity contribution in [2.24, 2.45) is 5.92 Å². The summed E-state index contributed by atoms with van der Waals surface area (Å²) in [5.41, 5.74) is -0.0456. The van der Waals surface area contributed by atoms with Gasteiger partial charge in [-0.2, -0.15) is 4.31 Å². The molecule has 116 valence electrons. The van der Waals surface area contributed by atoms with Crippen molar-refractivity contribution in [3.63, 3.8) is 0 Å². The van der Waals surface area contributed by atoms with Crippen molar-refractivity contribution in [3.8, 4) is 0 Å². The first-order valence-electron chi connectivity index (χ1n) is 6.89. The van der Waals surface area contributed by atoms with Gasteiger partial charge in [-0.05, 0) is 52.9 Å². The quantitative estimate of drug-likeness (QED) is 0.829. The van der Waals surface area contributed by atoms with Crippen molar-refractivity contribution in [2.75, 3.05) is 13.1 Å². The number of benzene rings is 1. The molecule has 0 aromatic heterocycles. The first-order valence-corrected chi connectivity index (χ1v) is 9.12. The Morgan fingerprint density at radius 1 is 1.43 bits per heavy atom. The third-order valence-electron chi connectivity index (χ3n) is 3.85. The molecule has 1 saturated carbocycles. The van der Waals surface area contributed by atoms with Gasteiger partial charge in [0.1, 0.15) is 0 Å². The van der Waals surface area contributed by atoms with Gasteiger partial charge in [-0.15, -0.1) is 0 Å². The van der Waals surface area contributed by atoms with Crippen LogP contribution in [0.25, 0.3) is 0 Å². The first kappa shape index (κ1) is 16.5. The lowest BCUT2D eigenvalue weighted by Gasteiger charge is -2.31. The van der Waals surface area contributed by atoms with Gasteiger partial charge in [-0.1, -0.05) is 13.3 Å². The first-order chi connectivity index (χ1) is 9.86. The maximum atomic E-state index is 12.6. The summed E-state index contributed by atoms with van der Waals surface area (Å²) in [6.45, 7) is 2.70. The van der Waals surface area contributed by atoms with Crippen molar-refractivity contribution >= 4 is 31.9 Å². The summed E-state index contributed by atoms with van der Waals surface area (Å²) in [5.74, 6) is -0.727. The Kier molecular flexibility index (Phi) is 5.06. The summed E-state index contributed by atoms with van der Waals surface area (Å²) >= 11 is 3.12. The Morgan fingerprint density at radius 2 is 2.10 bits per heavy atom. The molecule has 0 radical (unpaired) electrons. The lowest BCUT2D eigenvalue weighted by atomic mass is 9.85. The highest BCUT2D eigenvalue weighted by atomic mass is 79.9. The zero-order chi connectivity index (χ0) is 15.6. The predicted molar refractivity (Wildman–Crippen MR) is 82.9 cm³/mol. The molecule has 1 aromatic carbocycles. The molecule has 0 unspecified atom stereocenters. The summed E-state index contributed by atoms with van der Waals surface area (Å²) in [4.78, 5) is 11.2. The highest BCUT2D eigenvalue weighted by Gasteiger charge is 2.29.